The van der Waals surface area contributed by atoms with Crippen molar-refractivity contribution in [2.75, 3.05) is 18.0 Å². The number of carbonyl (C=O) groups excluding carboxylic acids is 1. The zero-order valence-corrected chi connectivity index (χ0v) is 23.4. The molecule has 41 heavy (non-hydrogen) atoms. The van der Waals surface area contributed by atoms with Gasteiger partial charge in [0.05, 0.1) is 35.6 Å². The van der Waals surface area contributed by atoms with Crippen LogP contribution in [0, 0.1) is 23.7 Å². The molecular weight excluding hydrogens is 521 g/mol. The van der Waals surface area contributed by atoms with E-state index >= 15 is 0 Å². The van der Waals surface area contributed by atoms with E-state index in [1.54, 1.807) is 23.0 Å². The van der Waals surface area contributed by atoms with Gasteiger partial charge in [0.15, 0.2) is 0 Å². The van der Waals surface area contributed by atoms with Crippen molar-refractivity contribution < 1.29 is 13.9 Å². The monoisotopic (exact) mass is 551 g/mol. The number of carbonyl (C=O) groups is 1. The lowest BCUT2D eigenvalue weighted by Gasteiger charge is -2.34. The fourth-order valence-electron chi connectivity index (χ4n) is 5.07. The van der Waals surface area contributed by atoms with Crippen molar-refractivity contribution in [3.63, 3.8) is 0 Å². The first-order valence-corrected chi connectivity index (χ1v) is 13.4. The van der Waals surface area contributed by atoms with Gasteiger partial charge in [-0.3, -0.25) is 4.68 Å². The number of pyridine rings is 1. The number of ether oxygens (including phenoxy) is 1. The van der Waals surface area contributed by atoms with Gasteiger partial charge in [-0.15, -0.1) is 0 Å². The third-order valence-electron chi connectivity index (χ3n) is 7.04. The number of hydrogen-bond donors (Lipinski definition) is 1. The minimum absolute atomic E-state index is 0.0447. The highest BCUT2D eigenvalue weighted by molar-refractivity contribution is 5.92. The van der Waals surface area contributed by atoms with Crippen molar-refractivity contribution in [2.45, 2.75) is 45.3 Å². The Morgan fingerprint density at radius 3 is 2.56 bits per heavy atom. The molecule has 0 atom stereocenters. The van der Waals surface area contributed by atoms with E-state index in [2.05, 4.69) is 26.2 Å². The molecule has 0 bridgehead atoms. The smallest absolute Gasteiger partial charge is 0.407 e. The number of nitriles is 1. The number of fused-ring (bicyclic) bond motifs is 1. The first kappa shape index (κ1) is 27.6. The van der Waals surface area contributed by atoms with Crippen LogP contribution in [0.4, 0.5) is 20.7 Å². The van der Waals surface area contributed by atoms with Crippen LogP contribution >= 0.6 is 0 Å². The number of nitrogens with zero attached hydrogens (tertiary/aromatic N) is 6. The fraction of sp³-hybridized carbons (Fsp3) is 0.323. The van der Waals surface area contributed by atoms with Crippen LogP contribution in [0.25, 0.3) is 38.1 Å². The van der Waals surface area contributed by atoms with Crippen molar-refractivity contribution in [3.05, 3.63) is 71.5 Å². The Kier molecular flexibility index (Phi) is 7.34. The molecule has 2 aromatic heterocycles. The Balaban J connectivity index is 1.52. The van der Waals surface area contributed by atoms with Crippen LogP contribution in [-0.2, 0) is 11.8 Å². The molecule has 2 aromatic carbocycles. The van der Waals surface area contributed by atoms with Crippen molar-refractivity contribution in [1.29, 1.82) is 5.26 Å². The average Bonchev–Trinajstić information content (AvgIpc) is 3.31. The molecule has 10 heteroatoms. The predicted molar refractivity (Wildman–Crippen MR) is 155 cm³/mol. The highest BCUT2D eigenvalue weighted by Gasteiger charge is 2.26. The van der Waals surface area contributed by atoms with E-state index in [0.29, 0.717) is 54.1 Å². The minimum atomic E-state index is -0.647. The third-order valence-corrected chi connectivity index (χ3v) is 7.04. The van der Waals surface area contributed by atoms with E-state index in [1.807, 2.05) is 46.0 Å². The van der Waals surface area contributed by atoms with Crippen molar-refractivity contribution in [2.24, 2.45) is 7.05 Å². The van der Waals surface area contributed by atoms with Crippen LogP contribution in [-0.4, -0.2) is 45.6 Å². The molecular formula is C31H30FN7O2. The molecule has 0 radical (unpaired) electrons. The SMILES string of the molecule is [C-]#[N+]c1ccc(-c2nc(N3CCC(NC(=O)OC(C)(C)C)CC3)cc(C#N)c2-c2ccc3c(cnn3C)c2)cc1F. The van der Waals surface area contributed by atoms with Gasteiger partial charge in [-0.25, -0.2) is 19.0 Å². The van der Waals surface area contributed by atoms with E-state index in [9.17, 15) is 14.4 Å². The van der Waals surface area contributed by atoms with Crippen LogP contribution in [0.5, 0.6) is 0 Å². The minimum Gasteiger partial charge on any atom is -0.444 e. The molecule has 3 heterocycles. The molecule has 1 fully saturated rings. The van der Waals surface area contributed by atoms with E-state index in [-0.39, 0.29) is 11.7 Å². The number of piperidine rings is 1. The van der Waals surface area contributed by atoms with Crippen LogP contribution < -0.4 is 10.2 Å². The first-order valence-electron chi connectivity index (χ1n) is 13.4. The van der Waals surface area contributed by atoms with Gasteiger partial charge in [0.1, 0.15) is 17.2 Å². The molecule has 1 amide bonds. The molecule has 0 unspecified atom stereocenters. The van der Waals surface area contributed by atoms with Gasteiger partial charge in [0, 0.05) is 42.7 Å². The molecule has 0 aliphatic carbocycles. The lowest BCUT2D eigenvalue weighted by molar-refractivity contribution is 0.0497. The van der Waals surface area contributed by atoms with Gasteiger partial charge in [-0.1, -0.05) is 18.2 Å². The van der Waals surface area contributed by atoms with Crippen molar-refractivity contribution in [1.82, 2.24) is 20.1 Å². The van der Waals surface area contributed by atoms with Crippen LogP contribution in [0.2, 0.25) is 0 Å². The Labute approximate surface area is 238 Å². The zero-order chi connectivity index (χ0) is 29.3. The summed E-state index contributed by atoms with van der Waals surface area (Å²) in [6, 6.07) is 14.2. The van der Waals surface area contributed by atoms with Gasteiger partial charge in [-0.2, -0.15) is 10.4 Å². The molecule has 4 aromatic rings. The van der Waals surface area contributed by atoms with Gasteiger partial charge < -0.3 is 15.0 Å². The number of hydrogen-bond acceptors (Lipinski definition) is 6. The second-order valence-corrected chi connectivity index (χ2v) is 11.1. The number of aromatic nitrogens is 3. The standard InChI is InChI=1S/C31H30FN7O2/c1-31(2,3)41-30(40)36-23-10-12-39(13-11-23)27-16-21(17-33)28(19-7-9-26-22(14-19)18-35-38(26)5)29(37-27)20-6-8-25(34-4)24(32)15-20/h6-9,14-16,18,23H,10-13H2,1-3,5H3,(H,36,40). The molecule has 9 nitrogen and oxygen atoms in total. The van der Waals surface area contributed by atoms with Crippen LogP contribution in [0.15, 0.2) is 48.7 Å². The lowest BCUT2D eigenvalue weighted by Crippen LogP contribution is -2.46. The molecule has 0 spiro atoms. The Hall–Kier alpha value is -4.96. The van der Waals surface area contributed by atoms with E-state index < -0.39 is 17.5 Å². The average molecular weight is 552 g/mol. The highest BCUT2D eigenvalue weighted by Crippen LogP contribution is 2.38. The summed E-state index contributed by atoms with van der Waals surface area (Å²) in [6.07, 6.45) is 2.66. The van der Waals surface area contributed by atoms with E-state index in [0.717, 1.165) is 16.5 Å². The molecule has 1 aliphatic rings. The lowest BCUT2D eigenvalue weighted by atomic mass is 9.93. The van der Waals surface area contributed by atoms with Gasteiger partial charge >= 0.3 is 6.09 Å². The predicted octanol–water partition coefficient (Wildman–Crippen LogP) is 6.36. The number of nitrogens with one attached hydrogen (secondary N) is 1. The van der Waals surface area contributed by atoms with Crippen LogP contribution in [0.1, 0.15) is 39.2 Å². The quantitative estimate of drug-likeness (QED) is 0.296. The number of alkyl carbamates (subject to hydrolysis) is 1. The van der Waals surface area contributed by atoms with E-state index in [1.165, 1.54) is 12.1 Å². The fourth-order valence-corrected chi connectivity index (χ4v) is 5.07. The number of aryl methyl sites for hydroxylation is 1. The van der Waals surface area contributed by atoms with Gasteiger partial charge in [-0.05, 0) is 63.4 Å². The number of amides is 1. The second kappa shape index (κ2) is 10.9. The maximum absolute atomic E-state index is 14.8. The second-order valence-electron chi connectivity index (χ2n) is 11.1. The van der Waals surface area contributed by atoms with Crippen molar-refractivity contribution in [3.8, 4) is 28.5 Å². The normalized spacial score (nSPS) is 14.0. The summed E-state index contributed by atoms with van der Waals surface area (Å²) in [6.45, 7) is 13.9. The zero-order valence-electron chi connectivity index (χ0n) is 23.4. The van der Waals surface area contributed by atoms with Crippen molar-refractivity contribution >= 4 is 28.5 Å². The number of rotatable bonds is 4. The summed E-state index contributed by atoms with van der Waals surface area (Å²) in [7, 11) is 1.86. The first-order chi connectivity index (χ1) is 19.6. The van der Waals surface area contributed by atoms with Gasteiger partial charge in [0.25, 0.3) is 0 Å². The Morgan fingerprint density at radius 1 is 1.17 bits per heavy atom. The number of halogens is 1. The molecule has 208 valence electrons. The topological polar surface area (TPSA) is 100 Å². The molecule has 1 aliphatic heterocycles. The Bertz CT molecular complexity index is 1720. The Morgan fingerprint density at radius 2 is 1.90 bits per heavy atom. The summed E-state index contributed by atoms with van der Waals surface area (Å²) in [5, 5.41) is 18.4. The molecule has 5 rings (SSSR count). The molecule has 1 N–H and O–H groups in total. The number of benzene rings is 2. The summed E-state index contributed by atoms with van der Waals surface area (Å²) in [5.41, 5.74) is 2.94. The third kappa shape index (κ3) is 5.82. The largest absolute Gasteiger partial charge is 0.444 e. The summed E-state index contributed by atoms with van der Waals surface area (Å²) >= 11 is 0. The molecule has 0 saturated carbocycles. The maximum atomic E-state index is 14.8. The van der Waals surface area contributed by atoms with E-state index in [4.69, 9.17) is 16.3 Å². The summed E-state index contributed by atoms with van der Waals surface area (Å²) < 4.78 is 22.0. The van der Waals surface area contributed by atoms with Gasteiger partial charge in [0.2, 0.25) is 5.69 Å². The summed E-state index contributed by atoms with van der Waals surface area (Å²) in [4.78, 5) is 22.5. The molecule has 1 saturated heterocycles. The maximum Gasteiger partial charge on any atom is 0.407 e. The highest BCUT2D eigenvalue weighted by atomic mass is 19.1. The number of anilines is 1. The summed E-state index contributed by atoms with van der Waals surface area (Å²) in [5.74, 6) is -0.0564. The van der Waals surface area contributed by atoms with Crippen LogP contribution in [0.3, 0.4) is 0 Å².